The summed E-state index contributed by atoms with van der Waals surface area (Å²) in [5.41, 5.74) is 6.68. The fraction of sp³-hybridized carbons (Fsp3) is 0.500. The molecule has 0 radical (unpaired) electrons. The highest BCUT2D eigenvalue weighted by Crippen LogP contribution is 2.23. The van der Waals surface area contributed by atoms with Crippen molar-refractivity contribution in [3.63, 3.8) is 0 Å². The second-order valence-corrected chi connectivity index (χ2v) is 4.21. The van der Waals surface area contributed by atoms with Gasteiger partial charge in [-0.1, -0.05) is 0 Å². The molecule has 0 amide bonds. The van der Waals surface area contributed by atoms with Crippen LogP contribution >= 0.6 is 0 Å². The van der Waals surface area contributed by atoms with E-state index in [1.54, 1.807) is 12.3 Å². The summed E-state index contributed by atoms with van der Waals surface area (Å²) >= 11 is 0. The van der Waals surface area contributed by atoms with E-state index in [9.17, 15) is 0 Å². The van der Waals surface area contributed by atoms with Crippen LogP contribution in [0.2, 0.25) is 0 Å². The van der Waals surface area contributed by atoms with Crippen molar-refractivity contribution in [1.82, 2.24) is 4.98 Å². The van der Waals surface area contributed by atoms with Gasteiger partial charge in [0.15, 0.2) is 0 Å². The van der Waals surface area contributed by atoms with Gasteiger partial charge in [0.1, 0.15) is 11.9 Å². The molecule has 0 aliphatic carbocycles. The van der Waals surface area contributed by atoms with Crippen molar-refractivity contribution in [3.8, 4) is 6.07 Å². The molecule has 2 N–H and O–H groups in total. The first-order chi connectivity index (χ1) is 8.22. The number of nitrogens with two attached hydrogens (primary N) is 1. The van der Waals surface area contributed by atoms with E-state index < -0.39 is 0 Å². The number of anilines is 2. The Bertz CT molecular complexity index is 435. The molecule has 1 aliphatic heterocycles. The smallest absolute Gasteiger partial charge is 0.146 e. The first kappa shape index (κ1) is 11.7. The van der Waals surface area contributed by atoms with Crippen molar-refractivity contribution in [3.05, 3.63) is 17.8 Å². The molecule has 2 rings (SSSR count). The standard InChI is InChI=1S/C12H16N4O/c1-16(11-2-4-17-5-3-11)12-9(7-13)6-10(14)8-15-12/h6,8,11H,2-5,14H2,1H3. The van der Waals surface area contributed by atoms with Crippen molar-refractivity contribution in [2.75, 3.05) is 30.9 Å². The molecule has 5 nitrogen and oxygen atoms in total. The lowest BCUT2D eigenvalue weighted by Gasteiger charge is -2.32. The number of hydrogen-bond donors (Lipinski definition) is 1. The summed E-state index contributed by atoms with van der Waals surface area (Å²) in [6.07, 6.45) is 3.52. The van der Waals surface area contributed by atoms with E-state index in [0.717, 1.165) is 26.1 Å². The highest BCUT2D eigenvalue weighted by atomic mass is 16.5. The molecule has 0 spiro atoms. The molecule has 0 bridgehead atoms. The quantitative estimate of drug-likeness (QED) is 0.827. The van der Waals surface area contributed by atoms with E-state index in [4.69, 9.17) is 15.7 Å². The van der Waals surface area contributed by atoms with Gasteiger partial charge in [-0.2, -0.15) is 5.26 Å². The van der Waals surface area contributed by atoms with E-state index >= 15 is 0 Å². The Morgan fingerprint density at radius 1 is 1.53 bits per heavy atom. The van der Waals surface area contributed by atoms with Gasteiger partial charge >= 0.3 is 0 Å². The lowest BCUT2D eigenvalue weighted by atomic mass is 10.1. The Hall–Kier alpha value is -1.80. The number of hydrogen-bond acceptors (Lipinski definition) is 5. The highest BCUT2D eigenvalue weighted by molar-refractivity contribution is 5.58. The lowest BCUT2D eigenvalue weighted by Crippen LogP contribution is -2.37. The topological polar surface area (TPSA) is 75.2 Å². The number of nitrogens with zero attached hydrogens (tertiary/aromatic N) is 3. The van der Waals surface area contributed by atoms with Crippen molar-refractivity contribution >= 4 is 11.5 Å². The maximum Gasteiger partial charge on any atom is 0.146 e. The summed E-state index contributed by atoms with van der Waals surface area (Å²) in [4.78, 5) is 6.32. The highest BCUT2D eigenvalue weighted by Gasteiger charge is 2.21. The van der Waals surface area contributed by atoms with Crippen LogP contribution in [-0.2, 0) is 4.74 Å². The van der Waals surface area contributed by atoms with Crippen molar-refractivity contribution in [2.45, 2.75) is 18.9 Å². The number of ether oxygens (including phenoxy) is 1. The van der Waals surface area contributed by atoms with E-state index in [0.29, 0.717) is 23.1 Å². The fourth-order valence-electron chi connectivity index (χ4n) is 2.08. The van der Waals surface area contributed by atoms with Gasteiger partial charge in [-0.25, -0.2) is 4.98 Å². The third-order valence-corrected chi connectivity index (χ3v) is 3.08. The molecule has 90 valence electrons. The Morgan fingerprint density at radius 3 is 2.88 bits per heavy atom. The zero-order chi connectivity index (χ0) is 12.3. The van der Waals surface area contributed by atoms with Crippen LogP contribution in [0.3, 0.4) is 0 Å². The average molecular weight is 232 g/mol. The Balaban J connectivity index is 2.23. The largest absolute Gasteiger partial charge is 0.397 e. The molecule has 1 aliphatic rings. The van der Waals surface area contributed by atoms with Gasteiger partial charge in [0, 0.05) is 26.3 Å². The Labute approximate surface area is 101 Å². The summed E-state index contributed by atoms with van der Waals surface area (Å²) in [7, 11) is 1.97. The van der Waals surface area contributed by atoms with Crippen LogP contribution in [0.5, 0.6) is 0 Å². The van der Waals surface area contributed by atoms with Gasteiger partial charge < -0.3 is 15.4 Å². The van der Waals surface area contributed by atoms with Gasteiger partial charge in [-0.15, -0.1) is 0 Å². The number of nitriles is 1. The minimum absolute atomic E-state index is 0.381. The maximum absolute atomic E-state index is 9.09. The molecule has 0 saturated carbocycles. The van der Waals surface area contributed by atoms with Crippen LogP contribution in [0.25, 0.3) is 0 Å². The van der Waals surface area contributed by atoms with Crippen LogP contribution in [0, 0.1) is 11.3 Å². The maximum atomic E-state index is 9.09. The molecule has 1 aromatic rings. The van der Waals surface area contributed by atoms with Gasteiger partial charge in [-0.05, 0) is 18.9 Å². The van der Waals surface area contributed by atoms with E-state index in [-0.39, 0.29) is 0 Å². The molecular formula is C12H16N4O. The molecule has 17 heavy (non-hydrogen) atoms. The van der Waals surface area contributed by atoms with Gasteiger partial charge in [0.2, 0.25) is 0 Å². The van der Waals surface area contributed by atoms with Crippen LogP contribution in [0.4, 0.5) is 11.5 Å². The lowest BCUT2D eigenvalue weighted by molar-refractivity contribution is 0.0853. The summed E-state index contributed by atoms with van der Waals surface area (Å²) < 4.78 is 5.33. The molecule has 5 heteroatoms. The molecule has 2 heterocycles. The zero-order valence-electron chi connectivity index (χ0n) is 9.89. The van der Waals surface area contributed by atoms with Crippen LogP contribution in [0.15, 0.2) is 12.3 Å². The molecule has 1 fully saturated rings. The number of pyridine rings is 1. The first-order valence-corrected chi connectivity index (χ1v) is 5.68. The number of rotatable bonds is 2. The summed E-state index contributed by atoms with van der Waals surface area (Å²) in [5, 5.41) is 9.09. The summed E-state index contributed by atoms with van der Waals surface area (Å²) in [6, 6.07) is 4.19. The zero-order valence-corrected chi connectivity index (χ0v) is 9.89. The summed E-state index contributed by atoms with van der Waals surface area (Å²) in [6.45, 7) is 1.54. The van der Waals surface area contributed by atoms with E-state index in [1.807, 2.05) is 7.05 Å². The van der Waals surface area contributed by atoms with E-state index in [1.165, 1.54) is 0 Å². The van der Waals surface area contributed by atoms with Gasteiger partial charge in [0.25, 0.3) is 0 Å². The second-order valence-electron chi connectivity index (χ2n) is 4.21. The van der Waals surface area contributed by atoms with Crippen LogP contribution in [-0.4, -0.2) is 31.3 Å². The van der Waals surface area contributed by atoms with Crippen molar-refractivity contribution < 1.29 is 4.74 Å². The third-order valence-electron chi connectivity index (χ3n) is 3.08. The predicted octanol–water partition coefficient (Wildman–Crippen LogP) is 1.15. The normalized spacial score (nSPS) is 16.5. The van der Waals surface area contributed by atoms with Gasteiger partial charge in [-0.3, -0.25) is 0 Å². The predicted molar refractivity (Wildman–Crippen MR) is 65.6 cm³/mol. The van der Waals surface area contributed by atoms with Crippen LogP contribution < -0.4 is 10.6 Å². The van der Waals surface area contributed by atoms with Gasteiger partial charge in [0.05, 0.1) is 17.4 Å². The molecule has 0 unspecified atom stereocenters. The van der Waals surface area contributed by atoms with Crippen molar-refractivity contribution in [2.24, 2.45) is 0 Å². The van der Waals surface area contributed by atoms with Crippen LogP contribution in [0.1, 0.15) is 18.4 Å². The third kappa shape index (κ3) is 2.48. The fourth-order valence-corrected chi connectivity index (χ4v) is 2.08. The Morgan fingerprint density at radius 2 is 2.24 bits per heavy atom. The minimum atomic E-state index is 0.381. The monoisotopic (exact) mass is 232 g/mol. The molecule has 1 aromatic heterocycles. The molecule has 0 aromatic carbocycles. The van der Waals surface area contributed by atoms with E-state index in [2.05, 4.69) is 16.0 Å². The Kier molecular flexibility index (Phi) is 3.45. The molecule has 1 saturated heterocycles. The average Bonchev–Trinajstić information content (AvgIpc) is 2.39. The number of nitrogen functional groups attached to an aromatic ring is 1. The second kappa shape index (κ2) is 5.02. The molecule has 0 atom stereocenters. The first-order valence-electron chi connectivity index (χ1n) is 5.68. The summed E-state index contributed by atoms with van der Waals surface area (Å²) in [5.74, 6) is 0.702. The SMILES string of the molecule is CN(c1ncc(N)cc1C#N)C1CCOCC1. The van der Waals surface area contributed by atoms with Crippen molar-refractivity contribution in [1.29, 1.82) is 5.26 Å². The number of aromatic nitrogens is 1. The minimum Gasteiger partial charge on any atom is -0.397 e. The molecular weight excluding hydrogens is 216 g/mol.